The number of aromatic nitrogens is 1. The van der Waals surface area contributed by atoms with Gasteiger partial charge in [-0.25, -0.2) is 4.98 Å². The maximum atomic E-state index is 13.0. The first-order valence-electron chi connectivity index (χ1n) is 10.7. The number of para-hydroxylation sites is 1. The summed E-state index contributed by atoms with van der Waals surface area (Å²) in [6, 6.07) is 25.5. The Labute approximate surface area is 187 Å². The largest absolute Gasteiger partial charge is 0.497 e. The van der Waals surface area contributed by atoms with Crippen LogP contribution in [0, 0.1) is 0 Å². The van der Waals surface area contributed by atoms with E-state index in [0.717, 1.165) is 28.8 Å². The van der Waals surface area contributed by atoms with E-state index in [9.17, 15) is 4.79 Å². The van der Waals surface area contributed by atoms with Crippen molar-refractivity contribution >= 4 is 16.8 Å². The summed E-state index contributed by atoms with van der Waals surface area (Å²) in [5, 5.41) is 1.11. The van der Waals surface area contributed by atoms with E-state index in [-0.39, 0.29) is 5.91 Å². The molecule has 5 rings (SSSR count). The van der Waals surface area contributed by atoms with Crippen LogP contribution in [0.5, 0.6) is 11.5 Å². The summed E-state index contributed by atoms with van der Waals surface area (Å²) < 4.78 is 11.2. The maximum Gasteiger partial charge on any atom is 0.254 e. The number of benzene rings is 3. The molecule has 0 saturated heterocycles. The molecule has 0 atom stereocenters. The number of fused-ring (bicyclic) bond motifs is 2. The summed E-state index contributed by atoms with van der Waals surface area (Å²) in [5.74, 6) is 1.61. The number of hydrogen-bond donors (Lipinski definition) is 0. The normalized spacial score (nSPS) is 13.0. The SMILES string of the molecule is COc1ccc2c(c1)CCN(C(=O)c1ccc(OCc3ccc4ccccc4n3)cc1)C2. The Morgan fingerprint density at radius 2 is 1.75 bits per heavy atom. The average molecular weight is 425 g/mol. The van der Waals surface area contributed by atoms with Gasteiger partial charge in [0.15, 0.2) is 0 Å². The van der Waals surface area contributed by atoms with Crippen LogP contribution in [0.3, 0.4) is 0 Å². The molecule has 0 N–H and O–H groups in total. The van der Waals surface area contributed by atoms with Crippen LogP contribution in [0.25, 0.3) is 10.9 Å². The smallest absolute Gasteiger partial charge is 0.254 e. The lowest BCUT2D eigenvalue weighted by Crippen LogP contribution is -2.35. The number of ether oxygens (including phenoxy) is 2. The molecule has 32 heavy (non-hydrogen) atoms. The number of carbonyl (C=O) groups excluding carboxylic acids is 1. The van der Waals surface area contributed by atoms with Crippen molar-refractivity contribution in [1.29, 1.82) is 0 Å². The molecule has 5 nitrogen and oxygen atoms in total. The van der Waals surface area contributed by atoms with Crippen LogP contribution in [-0.4, -0.2) is 29.4 Å². The number of pyridine rings is 1. The molecule has 0 spiro atoms. The molecule has 2 heterocycles. The van der Waals surface area contributed by atoms with Gasteiger partial charge in [-0.05, 0) is 66.1 Å². The zero-order valence-electron chi connectivity index (χ0n) is 18.0. The summed E-state index contributed by atoms with van der Waals surface area (Å²) in [5.41, 5.74) is 4.91. The van der Waals surface area contributed by atoms with Gasteiger partial charge in [0.25, 0.3) is 5.91 Å². The summed E-state index contributed by atoms with van der Waals surface area (Å²) in [6.07, 6.45) is 0.832. The van der Waals surface area contributed by atoms with Crippen LogP contribution in [0.1, 0.15) is 27.2 Å². The summed E-state index contributed by atoms with van der Waals surface area (Å²) in [7, 11) is 1.67. The predicted octanol–water partition coefficient (Wildman–Crippen LogP) is 5.02. The Bertz CT molecular complexity index is 1270. The minimum absolute atomic E-state index is 0.0363. The third-order valence-electron chi connectivity index (χ3n) is 5.86. The van der Waals surface area contributed by atoms with Gasteiger partial charge in [-0.15, -0.1) is 0 Å². The third kappa shape index (κ3) is 4.14. The third-order valence-corrected chi connectivity index (χ3v) is 5.86. The molecule has 3 aromatic carbocycles. The zero-order valence-corrected chi connectivity index (χ0v) is 18.0. The Morgan fingerprint density at radius 1 is 0.938 bits per heavy atom. The second-order valence-corrected chi connectivity index (χ2v) is 7.92. The first-order chi connectivity index (χ1) is 15.7. The van der Waals surface area contributed by atoms with Crippen molar-refractivity contribution in [3.05, 3.63) is 101 Å². The zero-order chi connectivity index (χ0) is 21.9. The molecule has 0 saturated carbocycles. The van der Waals surface area contributed by atoms with Crippen LogP contribution in [0.2, 0.25) is 0 Å². The molecule has 5 heteroatoms. The van der Waals surface area contributed by atoms with Crippen LogP contribution < -0.4 is 9.47 Å². The van der Waals surface area contributed by atoms with E-state index in [1.165, 1.54) is 11.1 Å². The van der Waals surface area contributed by atoms with Gasteiger partial charge in [-0.1, -0.05) is 30.3 Å². The maximum absolute atomic E-state index is 13.0. The molecular weight excluding hydrogens is 400 g/mol. The van der Waals surface area contributed by atoms with Crippen molar-refractivity contribution in [2.45, 2.75) is 19.6 Å². The number of methoxy groups -OCH3 is 1. The van der Waals surface area contributed by atoms with Crippen molar-refractivity contribution < 1.29 is 14.3 Å². The minimum atomic E-state index is 0.0363. The van der Waals surface area contributed by atoms with E-state index < -0.39 is 0 Å². The fourth-order valence-corrected chi connectivity index (χ4v) is 4.05. The van der Waals surface area contributed by atoms with Crippen molar-refractivity contribution in [2.24, 2.45) is 0 Å². The van der Waals surface area contributed by atoms with Crippen molar-refractivity contribution in [2.75, 3.05) is 13.7 Å². The number of amides is 1. The topological polar surface area (TPSA) is 51.7 Å². The first kappa shape index (κ1) is 20.1. The molecule has 1 aromatic heterocycles. The molecular formula is C27H24N2O3. The monoisotopic (exact) mass is 424 g/mol. The van der Waals surface area contributed by atoms with Crippen LogP contribution >= 0.6 is 0 Å². The molecule has 1 aliphatic rings. The van der Waals surface area contributed by atoms with Gasteiger partial charge in [0.05, 0.1) is 18.3 Å². The van der Waals surface area contributed by atoms with Gasteiger partial charge in [-0.2, -0.15) is 0 Å². The lowest BCUT2D eigenvalue weighted by Gasteiger charge is -2.29. The molecule has 4 aromatic rings. The molecule has 160 valence electrons. The minimum Gasteiger partial charge on any atom is -0.497 e. The molecule has 0 bridgehead atoms. The highest BCUT2D eigenvalue weighted by atomic mass is 16.5. The molecule has 1 amide bonds. The lowest BCUT2D eigenvalue weighted by molar-refractivity contribution is 0.0734. The number of nitrogens with zero attached hydrogens (tertiary/aromatic N) is 2. The van der Waals surface area contributed by atoms with Gasteiger partial charge in [0, 0.05) is 24.0 Å². The second-order valence-electron chi connectivity index (χ2n) is 7.92. The molecule has 0 aliphatic carbocycles. The predicted molar refractivity (Wildman–Crippen MR) is 124 cm³/mol. The van der Waals surface area contributed by atoms with E-state index in [1.807, 2.05) is 71.6 Å². The second kappa shape index (κ2) is 8.71. The van der Waals surface area contributed by atoms with Crippen LogP contribution in [0.4, 0.5) is 0 Å². The molecule has 1 aliphatic heterocycles. The fourth-order valence-electron chi connectivity index (χ4n) is 4.05. The van der Waals surface area contributed by atoms with Crippen molar-refractivity contribution in [3.8, 4) is 11.5 Å². The van der Waals surface area contributed by atoms with Gasteiger partial charge < -0.3 is 14.4 Å². The Hall–Kier alpha value is -3.86. The van der Waals surface area contributed by atoms with Crippen molar-refractivity contribution in [1.82, 2.24) is 9.88 Å². The highest BCUT2D eigenvalue weighted by Crippen LogP contribution is 2.25. The van der Waals surface area contributed by atoms with Gasteiger partial charge >= 0.3 is 0 Å². The van der Waals surface area contributed by atoms with E-state index in [2.05, 4.69) is 17.1 Å². The highest BCUT2D eigenvalue weighted by molar-refractivity contribution is 5.94. The van der Waals surface area contributed by atoms with E-state index in [4.69, 9.17) is 9.47 Å². The lowest BCUT2D eigenvalue weighted by atomic mass is 9.99. The van der Waals surface area contributed by atoms with E-state index >= 15 is 0 Å². The van der Waals surface area contributed by atoms with Gasteiger partial charge in [0.2, 0.25) is 0 Å². The molecule has 0 unspecified atom stereocenters. The Morgan fingerprint density at radius 3 is 2.59 bits per heavy atom. The van der Waals surface area contributed by atoms with Crippen LogP contribution in [0.15, 0.2) is 78.9 Å². The fraction of sp³-hybridized carbons (Fsp3) is 0.185. The summed E-state index contributed by atoms with van der Waals surface area (Å²) >= 11 is 0. The first-order valence-corrected chi connectivity index (χ1v) is 10.7. The number of rotatable bonds is 5. The van der Waals surface area contributed by atoms with E-state index in [1.54, 1.807) is 7.11 Å². The van der Waals surface area contributed by atoms with Crippen molar-refractivity contribution in [3.63, 3.8) is 0 Å². The molecule has 0 radical (unpaired) electrons. The van der Waals surface area contributed by atoms with E-state index in [0.29, 0.717) is 31.0 Å². The Kier molecular flexibility index (Phi) is 5.46. The summed E-state index contributed by atoms with van der Waals surface area (Å²) in [4.78, 5) is 19.5. The molecule has 0 fully saturated rings. The standard InChI is InChI=1S/C27H24N2O3/c1-31-25-13-9-22-17-29(15-14-21(22)16-25)27(30)20-7-11-24(12-8-20)32-18-23-10-6-19-4-2-3-5-26(19)28-23/h2-13,16H,14-15,17-18H2,1H3. The van der Waals surface area contributed by atoms with Crippen LogP contribution in [-0.2, 0) is 19.6 Å². The average Bonchev–Trinajstić information content (AvgIpc) is 2.86. The number of hydrogen-bond acceptors (Lipinski definition) is 4. The Balaban J connectivity index is 1.22. The highest BCUT2D eigenvalue weighted by Gasteiger charge is 2.22. The van der Waals surface area contributed by atoms with Gasteiger partial charge in [0.1, 0.15) is 18.1 Å². The summed E-state index contributed by atoms with van der Waals surface area (Å²) in [6.45, 7) is 1.69. The quantitative estimate of drug-likeness (QED) is 0.451. The number of carbonyl (C=O) groups is 1. The van der Waals surface area contributed by atoms with Gasteiger partial charge in [-0.3, -0.25) is 4.79 Å².